The number of carbonyl (C=O) groups is 2. The van der Waals surface area contributed by atoms with E-state index < -0.39 is 5.97 Å². The van der Waals surface area contributed by atoms with Gasteiger partial charge in [0.15, 0.2) is 23.0 Å². The molecule has 3 aromatic carbocycles. The van der Waals surface area contributed by atoms with Crippen molar-refractivity contribution >= 4 is 28.5 Å². The van der Waals surface area contributed by atoms with Crippen LogP contribution in [0.1, 0.15) is 109 Å². The van der Waals surface area contributed by atoms with Crippen LogP contribution in [0, 0.1) is 0 Å². The molecule has 12 heteroatoms. The van der Waals surface area contributed by atoms with Crippen LogP contribution in [0.25, 0.3) is 22.0 Å². The zero-order chi connectivity index (χ0) is 38.9. The van der Waals surface area contributed by atoms with E-state index in [1.54, 1.807) is 6.07 Å². The maximum atomic E-state index is 13.9. The topological polar surface area (TPSA) is 136 Å². The zero-order valence-corrected chi connectivity index (χ0v) is 32.8. The van der Waals surface area contributed by atoms with Gasteiger partial charge in [0.25, 0.3) is 5.91 Å². The number of hydrogen-bond donors (Lipinski definition) is 2. The standard InChI is InChI=1S/C44H53N3O9/c1-50-34-24-30(36(41-39(34)53-26-55-41)37-31(44(49)52-3)25-35(51-2)40-42(37)56-27-54-40)43(48)46-23-17-11-9-7-5-4-6-8-10-16-22-45-38-28-18-12-14-20-32(28)47-33-21-15-13-19-29(33)38/h12,14,18,20,24-25H,4-11,13,15-17,19,21-23,26-27H2,1-3H3,(H,45,47)(H,46,48). The number of rotatable bonds is 19. The number of methoxy groups -OCH3 is 3. The van der Waals surface area contributed by atoms with Gasteiger partial charge in [-0.3, -0.25) is 9.78 Å². The lowest BCUT2D eigenvalue weighted by atomic mass is 9.91. The van der Waals surface area contributed by atoms with Crippen molar-refractivity contribution in [3.8, 4) is 45.6 Å². The van der Waals surface area contributed by atoms with E-state index >= 15 is 0 Å². The molecule has 56 heavy (non-hydrogen) atoms. The molecule has 0 unspecified atom stereocenters. The fraction of sp³-hybridized carbons (Fsp3) is 0.477. The van der Waals surface area contributed by atoms with Crippen LogP contribution in [-0.4, -0.2) is 64.9 Å². The fourth-order valence-electron chi connectivity index (χ4n) is 8.08. The number of fused-ring (bicyclic) bond motifs is 4. The summed E-state index contributed by atoms with van der Waals surface area (Å²) in [6.45, 7) is 1.31. The van der Waals surface area contributed by atoms with Gasteiger partial charge in [-0.2, -0.15) is 0 Å². The summed E-state index contributed by atoms with van der Waals surface area (Å²) < 4.78 is 39.4. The van der Waals surface area contributed by atoms with E-state index in [4.69, 9.17) is 38.1 Å². The summed E-state index contributed by atoms with van der Waals surface area (Å²) in [6, 6.07) is 11.6. The van der Waals surface area contributed by atoms with Crippen LogP contribution in [0.4, 0.5) is 5.69 Å². The Labute approximate surface area is 328 Å². The number of aryl methyl sites for hydroxylation is 1. The molecular weight excluding hydrogens is 714 g/mol. The van der Waals surface area contributed by atoms with Crippen LogP contribution in [0.2, 0.25) is 0 Å². The minimum atomic E-state index is -0.646. The SMILES string of the molecule is COC(=O)c1cc(OC)c2c(c1-c1c(C(=O)NCCCCCCCCCCCCNc3c4c(nc5ccccc35)CCCC4)cc(OC)c3c1OCO3)OCO2. The summed E-state index contributed by atoms with van der Waals surface area (Å²) in [6.07, 6.45) is 16.3. The first-order valence-electron chi connectivity index (χ1n) is 20.1. The number of para-hydroxylation sites is 1. The largest absolute Gasteiger partial charge is 0.493 e. The molecule has 0 fully saturated rings. The summed E-state index contributed by atoms with van der Waals surface area (Å²) in [4.78, 5) is 32.0. The number of amides is 1. The van der Waals surface area contributed by atoms with E-state index in [-0.39, 0.29) is 47.7 Å². The predicted molar refractivity (Wildman–Crippen MR) is 214 cm³/mol. The van der Waals surface area contributed by atoms with Crippen molar-refractivity contribution in [2.75, 3.05) is 53.3 Å². The van der Waals surface area contributed by atoms with Gasteiger partial charge in [0.2, 0.25) is 25.1 Å². The number of unbranched alkanes of at least 4 members (excludes halogenated alkanes) is 9. The van der Waals surface area contributed by atoms with Gasteiger partial charge in [0.1, 0.15) is 0 Å². The lowest BCUT2D eigenvalue weighted by Crippen LogP contribution is -2.25. The third kappa shape index (κ3) is 8.24. The second-order valence-corrected chi connectivity index (χ2v) is 14.5. The van der Waals surface area contributed by atoms with Gasteiger partial charge in [0, 0.05) is 41.0 Å². The minimum absolute atomic E-state index is 0.0866. The van der Waals surface area contributed by atoms with E-state index in [9.17, 15) is 9.59 Å². The molecule has 3 heterocycles. The van der Waals surface area contributed by atoms with Crippen molar-refractivity contribution in [3.05, 3.63) is 58.8 Å². The van der Waals surface area contributed by atoms with Crippen LogP contribution in [0.5, 0.6) is 34.5 Å². The number of carbonyl (C=O) groups excluding carboxylic acids is 2. The van der Waals surface area contributed by atoms with E-state index in [0.717, 1.165) is 44.2 Å². The number of nitrogens with zero attached hydrogens (tertiary/aromatic N) is 1. The first kappa shape index (κ1) is 38.9. The van der Waals surface area contributed by atoms with Crippen LogP contribution in [0.3, 0.4) is 0 Å². The molecule has 0 radical (unpaired) electrons. The van der Waals surface area contributed by atoms with E-state index in [2.05, 4.69) is 34.9 Å². The molecule has 1 aliphatic carbocycles. The highest BCUT2D eigenvalue weighted by molar-refractivity contribution is 6.10. The number of esters is 1. The molecule has 7 rings (SSSR count). The summed E-state index contributed by atoms with van der Waals surface area (Å²) in [7, 11) is 4.25. The van der Waals surface area contributed by atoms with Gasteiger partial charge in [0.05, 0.1) is 38.0 Å². The summed E-state index contributed by atoms with van der Waals surface area (Å²) in [5, 5.41) is 8.12. The van der Waals surface area contributed by atoms with Gasteiger partial charge < -0.3 is 43.8 Å². The lowest BCUT2D eigenvalue weighted by Gasteiger charge is -2.21. The number of nitrogens with one attached hydrogen (secondary N) is 2. The third-order valence-electron chi connectivity index (χ3n) is 10.9. The van der Waals surface area contributed by atoms with Crippen LogP contribution in [0.15, 0.2) is 36.4 Å². The Morgan fingerprint density at radius 1 is 0.679 bits per heavy atom. The predicted octanol–water partition coefficient (Wildman–Crippen LogP) is 8.78. The van der Waals surface area contributed by atoms with Gasteiger partial charge in [-0.05, 0) is 62.3 Å². The van der Waals surface area contributed by atoms with Crippen molar-refractivity contribution in [2.24, 2.45) is 0 Å². The molecule has 4 aromatic rings. The highest BCUT2D eigenvalue weighted by Gasteiger charge is 2.37. The molecule has 1 amide bonds. The lowest BCUT2D eigenvalue weighted by molar-refractivity contribution is 0.0600. The fourth-order valence-corrected chi connectivity index (χ4v) is 8.08. The normalized spacial score (nSPS) is 13.7. The summed E-state index contributed by atoms with van der Waals surface area (Å²) in [5.41, 5.74) is 6.11. The average molecular weight is 768 g/mol. The van der Waals surface area contributed by atoms with Gasteiger partial charge in [-0.1, -0.05) is 69.6 Å². The maximum absolute atomic E-state index is 13.9. The van der Waals surface area contributed by atoms with Crippen molar-refractivity contribution in [1.82, 2.24) is 10.3 Å². The summed E-state index contributed by atoms with van der Waals surface area (Å²) >= 11 is 0. The van der Waals surface area contributed by atoms with Crippen molar-refractivity contribution in [2.45, 2.75) is 89.9 Å². The first-order valence-corrected chi connectivity index (χ1v) is 20.1. The molecule has 0 atom stereocenters. The number of aromatic nitrogens is 1. The molecule has 3 aliphatic rings. The molecule has 298 valence electrons. The van der Waals surface area contributed by atoms with E-state index in [1.165, 1.54) is 108 Å². The molecule has 0 bridgehead atoms. The molecule has 0 spiro atoms. The Morgan fingerprint density at radius 2 is 1.23 bits per heavy atom. The highest BCUT2D eigenvalue weighted by Crippen LogP contribution is 2.56. The van der Waals surface area contributed by atoms with Crippen molar-refractivity contribution in [3.63, 3.8) is 0 Å². The molecule has 1 aromatic heterocycles. The average Bonchev–Trinajstić information content (AvgIpc) is 3.93. The third-order valence-corrected chi connectivity index (χ3v) is 10.9. The van der Waals surface area contributed by atoms with Gasteiger partial charge in [-0.15, -0.1) is 0 Å². The second-order valence-electron chi connectivity index (χ2n) is 14.5. The van der Waals surface area contributed by atoms with E-state index in [0.29, 0.717) is 35.1 Å². The van der Waals surface area contributed by atoms with Gasteiger partial charge in [-0.25, -0.2) is 4.79 Å². The Hall–Kier alpha value is -5.39. The van der Waals surface area contributed by atoms with Crippen LogP contribution < -0.4 is 39.1 Å². The first-order chi connectivity index (χ1) is 27.5. The van der Waals surface area contributed by atoms with Crippen molar-refractivity contribution < 1.29 is 42.7 Å². The Morgan fingerprint density at radius 3 is 1.88 bits per heavy atom. The Kier molecular flexibility index (Phi) is 12.8. The summed E-state index contributed by atoms with van der Waals surface area (Å²) in [5.74, 6) is 0.775. The van der Waals surface area contributed by atoms with Crippen LogP contribution in [-0.2, 0) is 17.6 Å². The second kappa shape index (κ2) is 18.5. The molecule has 2 aliphatic heterocycles. The number of pyridine rings is 1. The smallest absolute Gasteiger partial charge is 0.338 e. The Bertz CT molecular complexity index is 2050. The van der Waals surface area contributed by atoms with Crippen LogP contribution >= 0.6 is 0 Å². The molecule has 2 N–H and O–H groups in total. The molecule has 0 saturated heterocycles. The van der Waals surface area contributed by atoms with E-state index in [1.807, 2.05) is 0 Å². The molecular formula is C44H53N3O9. The van der Waals surface area contributed by atoms with Crippen molar-refractivity contribution in [1.29, 1.82) is 0 Å². The Balaban J connectivity index is 0.862. The number of anilines is 1. The zero-order valence-electron chi connectivity index (χ0n) is 32.8. The monoisotopic (exact) mass is 767 g/mol. The highest BCUT2D eigenvalue weighted by atomic mass is 16.7. The molecule has 0 saturated carbocycles. The maximum Gasteiger partial charge on any atom is 0.338 e. The molecule has 12 nitrogen and oxygen atoms in total. The quantitative estimate of drug-likeness (QED) is 0.0700. The number of ether oxygens (including phenoxy) is 7. The number of hydrogen-bond acceptors (Lipinski definition) is 11. The number of benzene rings is 3. The minimum Gasteiger partial charge on any atom is -0.493 e. The van der Waals surface area contributed by atoms with Gasteiger partial charge >= 0.3 is 5.97 Å².